The lowest BCUT2D eigenvalue weighted by molar-refractivity contribution is 0.126. The van der Waals surface area contributed by atoms with Gasteiger partial charge >= 0.3 is 0 Å². The van der Waals surface area contributed by atoms with Crippen molar-refractivity contribution in [1.29, 1.82) is 0 Å². The predicted molar refractivity (Wildman–Crippen MR) is 152 cm³/mol. The smallest absolute Gasteiger partial charge is 0.230 e. The van der Waals surface area contributed by atoms with E-state index in [2.05, 4.69) is 15.2 Å². The summed E-state index contributed by atoms with van der Waals surface area (Å²) in [6.45, 7) is 2.09. The van der Waals surface area contributed by atoms with Crippen molar-refractivity contribution in [3.63, 3.8) is 0 Å². The van der Waals surface area contributed by atoms with Gasteiger partial charge < -0.3 is 14.3 Å². The van der Waals surface area contributed by atoms with E-state index in [0.717, 1.165) is 39.4 Å². The van der Waals surface area contributed by atoms with E-state index in [1.165, 1.54) is 0 Å². The summed E-state index contributed by atoms with van der Waals surface area (Å²) in [5.74, 6) is 2.05. The Labute approximate surface area is 235 Å². The average Bonchev–Trinajstić information content (AvgIpc) is 3.60. The molecule has 10 heteroatoms. The van der Waals surface area contributed by atoms with Crippen LogP contribution in [-0.2, 0) is 11.4 Å². The first-order valence-electron chi connectivity index (χ1n) is 13.1. The zero-order chi connectivity index (χ0) is 27.8. The topological polar surface area (TPSA) is 101 Å². The molecule has 0 N–H and O–H groups in total. The first-order valence-corrected chi connectivity index (χ1v) is 13.1. The third-order valence-electron chi connectivity index (χ3n) is 6.98. The summed E-state index contributed by atoms with van der Waals surface area (Å²) in [5, 5.41) is 13.5. The minimum Gasteiger partial charge on any atom is -0.497 e. The molecule has 6 aromatic rings. The number of hydrogen-bond donors (Lipinski definition) is 0. The highest BCUT2D eigenvalue weighted by atomic mass is 16.6. The monoisotopic (exact) mass is 543 g/mol. The van der Waals surface area contributed by atoms with Gasteiger partial charge in [-0.05, 0) is 42.3 Å². The van der Waals surface area contributed by atoms with Gasteiger partial charge in [-0.2, -0.15) is 5.10 Å². The number of nitrogens with zero attached hydrogens (tertiary/aromatic N) is 7. The van der Waals surface area contributed by atoms with Crippen molar-refractivity contribution in [2.45, 2.75) is 19.4 Å². The first kappa shape index (κ1) is 24.5. The van der Waals surface area contributed by atoms with Gasteiger partial charge in [-0.3, -0.25) is 0 Å². The number of fused-ring (bicyclic) bond motifs is 4. The zero-order valence-corrected chi connectivity index (χ0v) is 22.4. The summed E-state index contributed by atoms with van der Waals surface area (Å²) in [5.41, 5.74) is 6.07. The van der Waals surface area contributed by atoms with Crippen LogP contribution in [0.3, 0.4) is 0 Å². The van der Waals surface area contributed by atoms with Gasteiger partial charge in [-0.25, -0.2) is 19.2 Å². The minimum absolute atomic E-state index is 0.101. The Balaban J connectivity index is 1.31. The largest absolute Gasteiger partial charge is 0.497 e. The fourth-order valence-electron chi connectivity index (χ4n) is 5.09. The van der Waals surface area contributed by atoms with Crippen molar-refractivity contribution in [3.05, 3.63) is 125 Å². The van der Waals surface area contributed by atoms with E-state index >= 15 is 0 Å². The number of oxime groups is 1. The number of methoxy groups -OCH3 is 1. The van der Waals surface area contributed by atoms with Crippen molar-refractivity contribution in [2.24, 2.45) is 5.16 Å². The number of ether oxygens (including phenoxy) is 2. The molecule has 0 fully saturated rings. The van der Waals surface area contributed by atoms with Crippen LogP contribution in [0.5, 0.6) is 17.5 Å². The molecule has 0 spiro atoms. The molecule has 0 bridgehead atoms. The molecular formula is C31H25N7O3. The average molecular weight is 544 g/mol. The molecule has 3 aromatic heterocycles. The van der Waals surface area contributed by atoms with Crippen molar-refractivity contribution in [2.75, 3.05) is 7.11 Å². The number of rotatable bonds is 7. The van der Waals surface area contributed by atoms with E-state index < -0.39 is 0 Å². The molecule has 0 amide bonds. The van der Waals surface area contributed by atoms with Gasteiger partial charge in [0.25, 0.3) is 0 Å². The maximum Gasteiger partial charge on any atom is 0.230 e. The van der Waals surface area contributed by atoms with Crippen LogP contribution in [0, 0.1) is 6.92 Å². The fourth-order valence-corrected chi connectivity index (χ4v) is 5.09. The van der Waals surface area contributed by atoms with Crippen LogP contribution < -0.4 is 9.47 Å². The molecule has 0 aliphatic carbocycles. The van der Waals surface area contributed by atoms with Crippen LogP contribution in [0.2, 0.25) is 0 Å². The van der Waals surface area contributed by atoms with Gasteiger partial charge in [0.05, 0.1) is 41.8 Å². The van der Waals surface area contributed by atoms with E-state index in [-0.39, 0.29) is 12.5 Å². The second-order valence-corrected chi connectivity index (χ2v) is 9.54. The predicted octanol–water partition coefficient (Wildman–Crippen LogP) is 5.46. The lowest BCUT2D eigenvalue weighted by Gasteiger charge is -2.26. The third kappa shape index (κ3) is 4.45. The minimum atomic E-state index is -0.262. The zero-order valence-electron chi connectivity index (χ0n) is 22.4. The number of aromatic nitrogens is 6. The SMILES string of the molecule is COc1ccc([C@H]2c3c(C)nn(-c4ccccc4)c3Oc3ncn4nc(CO/N=C\c5ccccc5)nc4c32)cc1. The fraction of sp³-hybridized carbons (Fsp3) is 0.129. The molecule has 10 nitrogen and oxygen atoms in total. The summed E-state index contributed by atoms with van der Waals surface area (Å²) >= 11 is 0. The normalized spacial score (nSPS) is 14.0. The maximum atomic E-state index is 6.47. The van der Waals surface area contributed by atoms with Crippen molar-refractivity contribution >= 4 is 11.9 Å². The molecule has 7 rings (SSSR count). The van der Waals surface area contributed by atoms with Crippen LogP contribution in [0.25, 0.3) is 11.3 Å². The summed E-state index contributed by atoms with van der Waals surface area (Å²) < 4.78 is 15.4. The molecule has 4 heterocycles. The molecule has 0 saturated heterocycles. The van der Waals surface area contributed by atoms with E-state index in [0.29, 0.717) is 23.2 Å². The standard InChI is InChI=1S/C31H25N7O3/c1-20-26-27(22-13-15-24(39-2)16-14-22)28-29-34-25(18-40-33-17-21-9-5-3-6-10-21)36-37(29)19-32-30(28)41-31(26)38(35-20)23-11-7-4-8-12-23/h3-17,19,27H,18H2,1-2H3/b33-17-/t27-/m0/s1. The quantitative estimate of drug-likeness (QED) is 0.194. The first-order chi connectivity index (χ1) is 20.2. The number of aryl methyl sites for hydroxylation is 1. The summed E-state index contributed by atoms with van der Waals surface area (Å²) in [4.78, 5) is 15.0. The van der Waals surface area contributed by atoms with E-state index in [9.17, 15) is 0 Å². The Morgan fingerprint density at radius 2 is 1.68 bits per heavy atom. The molecule has 1 aliphatic rings. The number of benzene rings is 3. The van der Waals surface area contributed by atoms with Gasteiger partial charge in [0.15, 0.2) is 18.1 Å². The van der Waals surface area contributed by atoms with Gasteiger partial charge in [0.2, 0.25) is 11.8 Å². The molecule has 202 valence electrons. The third-order valence-corrected chi connectivity index (χ3v) is 6.98. The molecular weight excluding hydrogens is 518 g/mol. The summed E-state index contributed by atoms with van der Waals surface area (Å²) in [6.07, 6.45) is 3.26. The van der Waals surface area contributed by atoms with Crippen LogP contribution >= 0.6 is 0 Å². The second kappa shape index (κ2) is 10.2. The van der Waals surface area contributed by atoms with Crippen LogP contribution in [0.4, 0.5) is 0 Å². The Morgan fingerprint density at radius 3 is 2.44 bits per heavy atom. The summed E-state index contributed by atoms with van der Waals surface area (Å²) in [6, 6.07) is 27.6. The van der Waals surface area contributed by atoms with Gasteiger partial charge in [0.1, 0.15) is 12.1 Å². The Hall–Kier alpha value is -5.51. The molecule has 1 aliphatic heterocycles. The van der Waals surface area contributed by atoms with Crippen LogP contribution in [-0.4, -0.2) is 42.7 Å². The Kier molecular flexibility index (Phi) is 6.12. The Morgan fingerprint density at radius 1 is 0.927 bits per heavy atom. The highest BCUT2D eigenvalue weighted by molar-refractivity contribution is 5.78. The van der Waals surface area contributed by atoms with Gasteiger partial charge in [-0.15, -0.1) is 5.10 Å². The van der Waals surface area contributed by atoms with Gasteiger partial charge in [-0.1, -0.05) is 65.8 Å². The molecule has 0 saturated carbocycles. The molecule has 0 radical (unpaired) electrons. The van der Waals surface area contributed by atoms with Crippen LogP contribution in [0.1, 0.15) is 39.7 Å². The highest BCUT2D eigenvalue weighted by Crippen LogP contribution is 2.49. The number of para-hydroxylation sites is 1. The highest BCUT2D eigenvalue weighted by Gasteiger charge is 2.38. The Bertz CT molecular complexity index is 1860. The van der Waals surface area contributed by atoms with E-state index in [1.54, 1.807) is 24.2 Å². The van der Waals surface area contributed by atoms with E-state index in [4.69, 9.17) is 24.4 Å². The second-order valence-electron chi connectivity index (χ2n) is 9.54. The van der Waals surface area contributed by atoms with Crippen LogP contribution in [0.15, 0.2) is 96.4 Å². The lowest BCUT2D eigenvalue weighted by atomic mass is 9.84. The number of hydrogen-bond acceptors (Lipinski definition) is 8. The lowest BCUT2D eigenvalue weighted by Crippen LogP contribution is -2.16. The van der Waals surface area contributed by atoms with Crippen molar-refractivity contribution in [1.82, 2.24) is 29.4 Å². The molecule has 1 atom stereocenters. The maximum absolute atomic E-state index is 6.47. The van der Waals surface area contributed by atoms with Crippen molar-refractivity contribution in [3.8, 4) is 23.2 Å². The van der Waals surface area contributed by atoms with E-state index in [1.807, 2.05) is 96.5 Å². The molecule has 0 unspecified atom stereocenters. The molecule has 3 aromatic carbocycles. The van der Waals surface area contributed by atoms with Gasteiger partial charge in [0, 0.05) is 0 Å². The molecule has 41 heavy (non-hydrogen) atoms. The van der Waals surface area contributed by atoms with Crippen molar-refractivity contribution < 1.29 is 14.3 Å². The summed E-state index contributed by atoms with van der Waals surface area (Å²) in [7, 11) is 1.65.